The van der Waals surface area contributed by atoms with E-state index in [4.69, 9.17) is 5.11 Å². The van der Waals surface area contributed by atoms with Crippen molar-refractivity contribution in [1.82, 2.24) is 9.55 Å². The van der Waals surface area contributed by atoms with E-state index in [1.807, 2.05) is 0 Å². The molecule has 0 unspecified atom stereocenters. The second-order valence-corrected chi connectivity index (χ2v) is 1.59. The lowest BCUT2D eigenvalue weighted by atomic mass is 10.6. The SMILES string of the molecule is C=Cn1ccnc1CO. The first kappa shape index (κ1) is 6.04. The summed E-state index contributed by atoms with van der Waals surface area (Å²) in [7, 11) is 0. The first-order valence-electron chi connectivity index (χ1n) is 2.63. The predicted molar refractivity (Wildman–Crippen MR) is 34.5 cm³/mol. The minimum atomic E-state index is -0.0426. The molecule has 0 amide bonds. The van der Waals surface area contributed by atoms with Gasteiger partial charge in [-0.3, -0.25) is 0 Å². The van der Waals surface area contributed by atoms with E-state index in [0.29, 0.717) is 5.82 Å². The molecule has 3 heteroatoms. The van der Waals surface area contributed by atoms with Crippen LogP contribution in [0.25, 0.3) is 6.20 Å². The van der Waals surface area contributed by atoms with Gasteiger partial charge in [-0.2, -0.15) is 0 Å². The topological polar surface area (TPSA) is 38.0 Å². The van der Waals surface area contributed by atoms with Crippen LogP contribution in [0, 0.1) is 0 Å². The molecule has 1 heterocycles. The molecule has 0 aliphatic heterocycles. The molecule has 0 aliphatic carbocycles. The third kappa shape index (κ3) is 1.000. The van der Waals surface area contributed by atoms with E-state index in [9.17, 15) is 0 Å². The van der Waals surface area contributed by atoms with E-state index in [1.54, 1.807) is 23.2 Å². The molecule has 0 spiro atoms. The van der Waals surface area contributed by atoms with Crippen LogP contribution in [-0.2, 0) is 6.61 Å². The average Bonchev–Trinajstić information content (AvgIpc) is 2.33. The third-order valence-electron chi connectivity index (χ3n) is 1.09. The van der Waals surface area contributed by atoms with Crippen LogP contribution in [-0.4, -0.2) is 14.7 Å². The molecule has 0 aliphatic rings. The summed E-state index contributed by atoms with van der Waals surface area (Å²) in [6.45, 7) is 3.48. The summed E-state index contributed by atoms with van der Waals surface area (Å²) in [6.07, 6.45) is 4.95. The number of aliphatic hydroxyl groups excluding tert-OH is 1. The van der Waals surface area contributed by atoms with Crippen LogP contribution in [0.5, 0.6) is 0 Å². The van der Waals surface area contributed by atoms with Gasteiger partial charge < -0.3 is 9.67 Å². The van der Waals surface area contributed by atoms with Gasteiger partial charge in [0.2, 0.25) is 0 Å². The average molecular weight is 124 g/mol. The number of imidazole rings is 1. The van der Waals surface area contributed by atoms with Crippen molar-refractivity contribution in [3.8, 4) is 0 Å². The van der Waals surface area contributed by atoms with E-state index >= 15 is 0 Å². The summed E-state index contributed by atoms with van der Waals surface area (Å²) in [5.41, 5.74) is 0. The first-order valence-corrected chi connectivity index (χ1v) is 2.63. The highest BCUT2D eigenvalue weighted by atomic mass is 16.3. The van der Waals surface area contributed by atoms with Crippen LogP contribution in [0.2, 0.25) is 0 Å². The minimum absolute atomic E-state index is 0.0426. The molecule has 0 bridgehead atoms. The standard InChI is InChI=1S/C6H8N2O/c1-2-8-4-3-7-6(8)5-9/h2-4,9H,1,5H2. The first-order chi connectivity index (χ1) is 4.38. The molecule has 0 atom stereocenters. The maximum Gasteiger partial charge on any atom is 0.138 e. The van der Waals surface area contributed by atoms with Gasteiger partial charge in [-0.25, -0.2) is 4.98 Å². The van der Waals surface area contributed by atoms with Gasteiger partial charge in [0.05, 0.1) is 0 Å². The molecular formula is C6H8N2O. The van der Waals surface area contributed by atoms with E-state index in [2.05, 4.69) is 11.6 Å². The van der Waals surface area contributed by atoms with Crippen LogP contribution in [0.1, 0.15) is 5.82 Å². The van der Waals surface area contributed by atoms with Crippen molar-refractivity contribution in [1.29, 1.82) is 0 Å². The van der Waals surface area contributed by atoms with E-state index in [-0.39, 0.29) is 6.61 Å². The number of hydrogen-bond acceptors (Lipinski definition) is 2. The van der Waals surface area contributed by atoms with Gasteiger partial charge in [0.15, 0.2) is 0 Å². The summed E-state index contributed by atoms with van der Waals surface area (Å²) in [6, 6.07) is 0. The Hall–Kier alpha value is -1.09. The largest absolute Gasteiger partial charge is 0.388 e. The number of rotatable bonds is 2. The fourth-order valence-corrected chi connectivity index (χ4v) is 0.633. The third-order valence-corrected chi connectivity index (χ3v) is 1.09. The zero-order valence-electron chi connectivity index (χ0n) is 4.99. The van der Waals surface area contributed by atoms with Crippen molar-refractivity contribution in [2.75, 3.05) is 0 Å². The van der Waals surface area contributed by atoms with Crippen LogP contribution >= 0.6 is 0 Å². The minimum Gasteiger partial charge on any atom is -0.388 e. The molecule has 1 aromatic rings. The smallest absolute Gasteiger partial charge is 0.138 e. The van der Waals surface area contributed by atoms with Gasteiger partial charge in [0.1, 0.15) is 12.4 Å². The molecule has 48 valence electrons. The molecule has 3 nitrogen and oxygen atoms in total. The lowest BCUT2D eigenvalue weighted by molar-refractivity contribution is 0.270. The molecule has 0 aromatic carbocycles. The number of nitrogens with zero attached hydrogens (tertiary/aromatic N) is 2. The molecule has 0 saturated carbocycles. The van der Waals surface area contributed by atoms with E-state index in [1.165, 1.54) is 0 Å². The lowest BCUT2D eigenvalue weighted by Crippen LogP contribution is -1.93. The zero-order valence-corrected chi connectivity index (χ0v) is 4.99. The summed E-state index contributed by atoms with van der Waals surface area (Å²) in [4.78, 5) is 3.85. The van der Waals surface area contributed by atoms with Gasteiger partial charge in [0.25, 0.3) is 0 Å². The van der Waals surface area contributed by atoms with Crippen LogP contribution in [0.15, 0.2) is 19.0 Å². The van der Waals surface area contributed by atoms with Crippen molar-refractivity contribution < 1.29 is 5.11 Å². The van der Waals surface area contributed by atoms with Crippen LogP contribution < -0.4 is 0 Å². The monoisotopic (exact) mass is 124 g/mol. The Labute approximate surface area is 53.3 Å². The van der Waals surface area contributed by atoms with Crippen molar-refractivity contribution >= 4 is 6.20 Å². The van der Waals surface area contributed by atoms with E-state index in [0.717, 1.165) is 0 Å². The second-order valence-electron chi connectivity index (χ2n) is 1.59. The number of aromatic nitrogens is 2. The molecular weight excluding hydrogens is 116 g/mol. The quantitative estimate of drug-likeness (QED) is 0.622. The summed E-state index contributed by atoms with van der Waals surface area (Å²) in [5, 5.41) is 8.61. The Morgan fingerprint density at radius 2 is 2.67 bits per heavy atom. The zero-order chi connectivity index (χ0) is 6.69. The fourth-order valence-electron chi connectivity index (χ4n) is 0.633. The fraction of sp³-hybridized carbons (Fsp3) is 0.167. The van der Waals surface area contributed by atoms with Gasteiger partial charge in [-0.05, 0) is 0 Å². The molecule has 1 aromatic heterocycles. The van der Waals surface area contributed by atoms with Crippen molar-refractivity contribution in [3.05, 3.63) is 24.8 Å². The molecule has 0 saturated heterocycles. The maximum absolute atomic E-state index is 8.61. The Morgan fingerprint density at radius 1 is 1.89 bits per heavy atom. The summed E-state index contributed by atoms with van der Waals surface area (Å²) >= 11 is 0. The number of aliphatic hydroxyl groups is 1. The van der Waals surface area contributed by atoms with Gasteiger partial charge in [-0.15, -0.1) is 0 Å². The molecule has 9 heavy (non-hydrogen) atoms. The Morgan fingerprint density at radius 3 is 3.11 bits per heavy atom. The normalized spacial score (nSPS) is 9.44. The van der Waals surface area contributed by atoms with Crippen LogP contribution in [0.4, 0.5) is 0 Å². The Bertz CT molecular complexity index is 205. The summed E-state index contributed by atoms with van der Waals surface area (Å²) in [5.74, 6) is 0.616. The predicted octanol–water partition coefficient (Wildman–Crippen LogP) is 0.476. The van der Waals surface area contributed by atoms with E-state index < -0.39 is 0 Å². The second kappa shape index (κ2) is 2.46. The highest BCUT2D eigenvalue weighted by Crippen LogP contribution is 1.95. The van der Waals surface area contributed by atoms with Crippen molar-refractivity contribution in [3.63, 3.8) is 0 Å². The maximum atomic E-state index is 8.61. The Balaban J connectivity index is 2.98. The molecule has 1 rings (SSSR count). The highest BCUT2D eigenvalue weighted by molar-refractivity contribution is 5.19. The van der Waals surface area contributed by atoms with Crippen molar-refractivity contribution in [2.45, 2.75) is 6.61 Å². The molecule has 0 fully saturated rings. The van der Waals surface area contributed by atoms with Crippen molar-refractivity contribution in [2.24, 2.45) is 0 Å². The van der Waals surface area contributed by atoms with Gasteiger partial charge in [-0.1, -0.05) is 6.58 Å². The highest BCUT2D eigenvalue weighted by Gasteiger charge is 1.93. The Kier molecular flexibility index (Phi) is 1.65. The number of hydrogen-bond donors (Lipinski definition) is 1. The molecule has 1 N–H and O–H groups in total. The van der Waals surface area contributed by atoms with Crippen LogP contribution in [0.3, 0.4) is 0 Å². The molecule has 0 radical (unpaired) electrons. The van der Waals surface area contributed by atoms with Gasteiger partial charge >= 0.3 is 0 Å². The van der Waals surface area contributed by atoms with Gasteiger partial charge in [0, 0.05) is 18.6 Å². The lowest BCUT2D eigenvalue weighted by Gasteiger charge is -1.94. The summed E-state index contributed by atoms with van der Waals surface area (Å²) < 4.78 is 1.67.